The molecule has 8 heteroatoms. The van der Waals surface area contributed by atoms with Gasteiger partial charge in [-0.2, -0.15) is 5.10 Å². The van der Waals surface area contributed by atoms with E-state index in [4.69, 9.17) is 11.6 Å². The first-order valence-electron chi connectivity index (χ1n) is 8.29. The Kier molecular flexibility index (Phi) is 7.26. The lowest BCUT2D eigenvalue weighted by Crippen LogP contribution is -2.36. The number of carbonyl (C=O) groups excluding carboxylic acids is 2. The summed E-state index contributed by atoms with van der Waals surface area (Å²) in [5.41, 5.74) is 1.72. The van der Waals surface area contributed by atoms with E-state index >= 15 is 0 Å². The van der Waals surface area contributed by atoms with Crippen LogP contribution >= 0.6 is 11.6 Å². The van der Waals surface area contributed by atoms with Crippen LogP contribution in [0.3, 0.4) is 0 Å². The number of urea groups is 1. The Bertz CT molecular complexity index is 840. The molecule has 1 fully saturated rings. The summed E-state index contributed by atoms with van der Waals surface area (Å²) in [5.74, 6) is 5.65. The SMILES string of the molecule is C=C/C=N\C(=C)C#CC1CC1c1cc(C(C=O)CNC(=O)NC)nnc1Cl. The number of aldehydes is 1. The molecule has 1 aliphatic carbocycles. The average molecular weight is 386 g/mol. The Morgan fingerprint density at radius 2 is 2.33 bits per heavy atom. The van der Waals surface area contributed by atoms with Gasteiger partial charge < -0.3 is 15.4 Å². The van der Waals surface area contributed by atoms with Gasteiger partial charge in [0.2, 0.25) is 0 Å². The number of allylic oxidation sites excluding steroid dienone is 2. The van der Waals surface area contributed by atoms with Gasteiger partial charge in [0, 0.05) is 31.6 Å². The molecule has 1 aromatic heterocycles. The lowest BCUT2D eigenvalue weighted by molar-refractivity contribution is -0.109. The van der Waals surface area contributed by atoms with Crippen molar-refractivity contribution in [2.24, 2.45) is 10.9 Å². The standard InChI is InChI=1S/C19H20ClN5O2/c1-4-7-22-12(2)5-6-13-8-15(13)16-9-17(24-25-18(16)20)14(11-26)10-23-19(27)21-3/h4,7,9,11,13-15H,1-2,8,10H2,3H3,(H2,21,23,27)/b22-7-. The molecule has 7 nitrogen and oxygen atoms in total. The molecule has 3 unspecified atom stereocenters. The first-order chi connectivity index (χ1) is 13.0. The first kappa shape index (κ1) is 20.3. The van der Waals surface area contributed by atoms with E-state index in [1.54, 1.807) is 12.1 Å². The molecule has 1 saturated carbocycles. The zero-order valence-electron chi connectivity index (χ0n) is 14.9. The van der Waals surface area contributed by atoms with E-state index < -0.39 is 5.92 Å². The maximum Gasteiger partial charge on any atom is 0.314 e. The highest BCUT2D eigenvalue weighted by atomic mass is 35.5. The predicted molar refractivity (Wildman–Crippen MR) is 105 cm³/mol. The Labute approximate surface area is 163 Å². The first-order valence-corrected chi connectivity index (χ1v) is 8.67. The van der Waals surface area contributed by atoms with Crippen molar-refractivity contribution in [3.8, 4) is 11.8 Å². The van der Waals surface area contributed by atoms with Crippen molar-refractivity contribution in [1.82, 2.24) is 20.8 Å². The molecule has 0 radical (unpaired) electrons. The molecule has 2 rings (SSSR count). The van der Waals surface area contributed by atoms with E-state index in [-0.39, 0.29) is 24.4 Å². The van der Waals surface area contributed by atoms with Gasteiger partial charge in [0.05, 0.1) is 11.6 Å². The van der Waals surface area contributed by atoms with E-state index in [0.29, 0.717) is 16.5 Å². The van der Waals surface area contributed by atoms with Crippen LogP contribution in [0.2, 0.25) is 5.15 Å². The third kappa shape index (κ3) is 5.76. The van der Waals surface area contributed by atoms with Gasteiger partial charge in [0.25, 0.3) is 0 Å². The van der Waals surface area contributed by atoms with Gasteiger partial charge in [-0.15, -0.1) is 5.10 Å². The van der Waals surface area contributed by atoms with Gasteiger partial charge in [0.1, 0.15) is 12.0 Å². The number of rotatable bonds is 7. The fourth-order valence-electron chi connectivity index (χ4n) is 2.41. The van der Waals surface area contributed by atoms with Crippen molar-refractivity contribution in [2.45, 2.75) is 18.3 Å². The summed E-state index contributed by atoms with van der Waals surface area (Å²) < 4.78 is 0. The molecule has 1 heterocycles. The van der Waals surface area contributed by atoms with Gasteiger partial charge >= 0.3 is 6.03 Å². The molecule has 1 aliphatic rings. The van der Waals surface area contributed by atoms with Crippen LogP contribution < -0.4 is 10.6 Å². The lowest BCUT2D eigenvalue weighted by Gasteiger charge is -2.12. The number of carbonyl (C=O) groups is 2. The number of aromatic nitrogens is 2. The maximum atomic E-state index is 11.4. The van der Waals surface area contributed by atoms with Gasteiger partial charge in [-0.1, -0.05) is 36.8 Å². The zero-order chi connectivity index (χ0) is 19.8. The summed E-state index contributed by atoms with van der Waals surface area (Å²) in [6, 6.07) is 1.39. The highest BCUT2D eigenvalue weighted by Crippen LogP contribution is 2.49. The van der Waals surface area contributed by atoms with Crippen molar-refractivity contribution >= 4 is 30.1 Å². The summed E-state index contributed by atoms with van der Waals surface area (Å²) in [6.45, 7) is 7.41. The van der Waals surface area contributed by atoms with E-state index in [9.17, 15) is 9.59 Å². The second kappa shape index (κ2) is 9.64. The quantitative estimate of drug-likeness (QED) is 0.427. The summed E-state index contributed by atoms with van der Waals surface area (Å²) in [5, 5.41) is 13.3. The number of nitrogens with zero attached hydrogens (tertiary/aromatic N) is 3. The van der Waals surface area contributed by atoms with Crippen LogP contribution in [0.15, 0.2) is 36.0 Å². The maximum absolute atomic E-state index is 11.4. The van der Waals surface area contributed by atoms with Crippen LogP contribution in [-0.2, 0) is 4.79 Å². The fourth-order valence-corrected chi connectivity index (χ4v) is 2.64. The second-order valence-electron chi connectivity index (χ2n) is 5.90. The number of hydrogen-bond acceptors (Lipinski definition) is 5. The van der Waals surface area contributed by atoms with Gasteiger partial charge in [0.15, 0.2) is 5.15 Å². The summed E-state index contributed by atoms with van der Waals surface area (Å²) in [7, 11) is 1.50. The Morgan fingerprint density at radius 1 is 1.56 bits per heavy atom. The summed E-state index contributed by atoms with van der Waals surface area (Å²) in [6.07, 6.45) is 4.64. The van der Waals surface area contributed by atoms with Crippen LogP contribution in [-0.4, -0.2) is 42.3 Å². The second-order valence-corrected chi connectivity index (χ2v) is 6.25. The van der Waals surface area contributed by atoms with Crippen LogP contribution in [0, 0.1) is 17.8 Å². The highest BCUT2D eigenvalue weighted by Gasteiger charge is 2.39. The third-order valence-electron chi connectivity index (χ3n) is 3.98. The molecule has 2 N–H and O–H groups in total. The van der Waals surface area contributed by atoms with E-state index in [1.165, 1.54) is 13.3 Å². The van der Waals surface area contributed by atoms with Crippen LogP contribution in [0.4, 0.5) is 4.79 Å². The minimum Gasteiger partial charge on any atom is -0.341 e. The van der Waals surface area contributed by atoms with Crippen LogP contribution in [0.5, 0.6) is 0 Å². The van der Waals surface area contributed by atoms with Gasteiger partial charge in [-0.25, -0.2) is 9.79 Å². The van der Waals surface area contributed by atoms with Crippen molar-refractivity contribution in [3.63, 3.8) is 0 Å². The molecule has 140 valence electrons. The number of halogens is 1. The van der Waals surface area contributed by atoms with Crippen molar-refractivity contribution < 1.29 is 9.59 Å². The molecule has 27 heavy (non-hydrogen) atoms. The number of nitrogens with one attached hydrogen (secondary N) is 2. The lowest BCUT2D eigenvalue weighted by atomic mass is 10.0. The van der Waals surface area contributed by atoms with E-state index in [2.05, 4.69) is 50.8 Å². The number of amides is 2. The van der Waals surface area contributed by atoms with E-state index in [0.717, 1.165) is 18.3 Å². The van der Waals surface area contributed by atoms with Crippen LogP contribution in [0.1, 0.15) is 29.5 Å². The highest BCUT2D eigenvalue weighted by molar-refractivity contribution is 6.30. The summed E-state index contributed by atoms with van der Waals surface area (Å²) in [4.78, 5) is 26.7. The molecule has 1 aromatic rings. The van der Waals surface area contributed by atoms with Gasteiger partial charge in [-0.3, -0.25) is 0 Å². The molecule has 0 saturated heterocycles. The molecule has 0 spiro atoms. The zero-order valence-corrected chi connectivity index (χ0v) is 15.7. The van der Waals surface area contributed by atoms with Crippen molar-refractivity contribution in [3.05, 3.63) is 47.4 Å². The molecule has 0 aromatic carbocycles. The molecule has 0 aliphatic heterocycles. The molecule has 3 atom stereocenters. The Morgan fingerprint density at radius 3 is 3.00 bits per heavy atom. The monoisotopic (exact) mass is 385 g/mol. The number of aliphatic imine (C=N–C) groups is 1. The minimum atomic E-state index is -0.609. The molecule has 2 amide bonds. The largest absolute Gasteiger partial charge is 0.341 e. The average Bonchev–Trinajstić information content (AvgIpc) is 3.45. The molecular formula is C19H20ClN5O2. The summed E-state index contributed by atoms with van der Waals surface area (Å²) >= 11 is 6.18. The van der Waals surface area contributed by atoms with Crippen molar-refractivity contribution in [1.29, 1.82) is 0 Å². The molecular weight excluding hydrogens is 366 g/mol. The normalized spacial score (nSPS) is 18.7. The number of hydrogen-bond donors (Lipinski definition) is 2. The third-order valence-corrected chi connectivity index (χ3v) is 4.27. The minimum absolute atomic E-state index is 0.119. The Hall–Kier alpha value is -2.98. The van der Waals surface area contributed by atoms with Gasteiger partial charge in [-0.05, 0) is 24.0 Å². The fraction of sp³-hybridized carbons (Fsp3) is 0.316. The van der Waals surface area contributed by atoms with Crippen molar-refractivity contribution in [2.75, 3.05) is 13.6 Å². The molecule has 0 bridgehead atoms. The Balaban J connectivity index is 2.10. The predicted octanol–water partition coefficient (Wildman–Crippen LogP) is 2.22. The smallest absolute Gasteiger partial charge is 0.314 e. The topological polar surface area (TPSA) is 96.3 Å². The van der Waals surface area contributed by atoms with Crippen LogP contribution in [0.25, 0.3) is 0 Å². The van der Waals surface area contributed by atoms with E-state index in [1.807, 2.05) is 0 Å².